The largest absolute Gasteiger partial charge is 0.378 e. The lowest BCUT2D eigenvalue weighted by atomic mass is 10.3. The van der Waals surface area contributed by atoms with E-state index >= 15 is 0 Å². The van der Waals surface area contributed by atoms with Gasteiger partial charge in [0.25, 0.3) is 5.91 Å². The highest BCUT2D eigenvalue weighted by atomic mass is 32.2. The topological polar surface area (TPSA) is 45.2 Å². The summed E-state index contributed by atoms with van der Waals surface area (Å²) in [7, 11) is 0. The lowest BCUT2D eigenvalue weighted by molar-refractivity contribution is -0.122. The van der Waals surface area contributed by atoms with Crippen molar-refractivity contribution in [3.8, 4) is 0 Å². The van der Waals surface area contributed by atoms with Crippen molar-refractivity contribution in [2.24, 2.45) is 0 Å². The minimum absolute atomic E-state index is 0.0329. The minimum atomic E-state index is 0.0329. The molecule has 6 nitrogen and oxygen atoms in total. The second-order valence-electron chi connectivity index (χ2n) is 5.27. The van der Waals surface area contributed by atoms with Crippen LogP contribution in [0.2, 0.25) is 0 Å². The summed E-state index contributed by atoms with van der Waals surface area (Å²) in [5, 5.41) is 0. The van der Waals surface area contributed by atoms with Crippen molar-refractivity contribution >= 4 is 34.2 Å². The highest BCUT2D eigenvalue weighted by molar-refractivity contribution is 8.26. The lowest BCUT2D eigenvalue weighted by Crippen LogP contribution is -2.47. The number of morpholine rings is 2. The number of nitrogens with zero attached hydrogens (tertiary/aromatic N) is 3. The molecule has 0 radical (unpaired) electrons. The van der Waals surface area contributed by atoms with Crippen LogP contribution in [0.1, 0.15) is 6.92 Å². The van der Waals surface area contributed by atoms with Gasteiger partial charge in [-0.1, -0.05) is 24.0 Å². The van der Waals surface area contributed by atoms with Crippen molar-refractivity contribution < 1.29 is 14.3 Å². The van der Waals surface area contributed by atoms with Gasteiger partial charge in [0.2, 0.25) is 0 Å². The molecule has 0 aliphatic carbocycles. The Morgan fingerprint density at radius 3 is 2.00 bits per heavy atom. The number of hydrogen-bond donors (Lipinski definition) is 0. The molecular formula is C14H21N3O3S2. The molecule has 3 saturated heterocycles. The molecule has 1 amide bonds. The van der Waals surface area contributed by atoms with E-state index in [-0.39, 0.29) is 5.91 Å². The first-order valence-corrected chi connectivity index (χ1v) is 8.88. The molecule has 3 fully saturated rings. The van der Waals surface area contributed by atoms with Gasteiger partial charge in [0.15, 0.2) is 0 Å². The van der Waals surface area contributed by atoms with Gasteiger partial charge in [-0.15, -0.1) is 0 Å². The van der Waals surface area contributed by atoms with Crippen molar-refractivity contribution in [3.05, 3.63) is 10.7 Å². The van der Waals surface area contributed by atoms with E-state index in [9.17, 15) is 4.79 Å². The summed E-state index contributed by atoms with van der Waals surface area (Å²) in [6.07, 6.45) is 0. The van der Waals surface area contributed by atoms with Gasteiger partial charge in [0, 0.05) is 32.7 Å². The van der Waals surface area contributed by atoms with Gasteiger partial charge in [0.05, 0.1) is 26.4 Å². The second kappa shape index (κ2) is 7.16. The van der Waals surface area contributed by atoms with E-state index in [2.05, 4.69) is 9.80 Å². The normalized spacial score (nSPS) is 23.5. The predicted molar refractivity (Wildman–Crippen MR) is 89.4 cm³/mol. The molecule has 0 atom stereocenters. The summed E-state index contributed by atoms with van der Waals surface area (Å²) < 4.78 is 11.6. The molecule has 3 aliphatic heterocycles. The van der Waals surface area contributed by atoms with Crippen molar-refractivity contribution in [2.45, 2.75) is 6.92 Å². The maximum atomic E-state index is 12.7. The zero-order chi connectivity index (χ0) is 15.5. The minimum Gasteiger partial charge on any atom is -0.378 e. The second-order valence-corrected chi connectivity index (χ2v) is 6.91. The van der Waals surface area contributed by atoms with Crippen LogP contribution in [0, 0.1) is 0 Å². The summed E-state index contributed by atoms with van der Waals surface area (Å²) >= 11 is 6.79. The average molecular weight is 343 g/mol. The number of carbonyl (C=O) groups is 1. The molecule has 22 heavy (non-hydrogen) atoms. The Labute approximate surface area is 140 Å². The lowest BCUT2D eigenvalue weighted by Gasteiger charge is -2.40. The van der Waals surface area contributed by atoms with Crippen LogP contribution in [-0.4, -0.2) is 84.1 Å². The molecule has 8 heteroatoms. The number of hydrogen-bond acceptors (Lipinski definition) is 7. The van der Waals surface area contributed by atoms with E-state index in [1.54, 1.807) is 4.90 Å². The van der Waals surface area contributed by atoms with Crippen LogP contribution in [0.3, 0.4) is 0 Å². The van der Waals surface area contributed by atoms with Crippen molar-refractivity contribution in [2.75, 3.05) is 59.2 Å². The molecule has 122 valence electrons. The standard InChI is InChI=1S/C14H21N3O3S2/c1-2-17-13(18)11(22-14(17)21)12(15-3-7-19-8-4-15)16-5-9-20-10-6-16/h2-10H2,1H3. The van der Waals surface area contributed by atoms with Gasteiger partial charge >= 0.3 is 0 Å². The number of carbonyl (C=O) groups excluding carboxylic acids is 1. The highest BCUT2D eigenvalue weighted by Gasteiger charge is 2.37. The molecule has 0 aromatic heterocycles. The maximum absolute atomic E-state index is 12.7. The van der Waals surface area contributed by atoms with Gasteiger partial charge in [-0.25, -0.2) is 0 Å². The third-order valence-corrected chi connectivity index (χ3v) is 5.42. The number of amides is 1. The number of likely N-dealkylation sites (N-methyl/N-ethyl adjacent to an activating group) is 1. The Balaban J connectivity index is 1.94. The van der Waals surface area contributed by atoms with Crippen molar-refractivity contribution in [1.82, 2.24) is 14.7 Å². The summed E-state index contributed by atoms with van der Waals surface area (Å²) in [4.78, 5) is 19.7. The molecule has 0 N–H and O–H groups in total. The molecule has 3 aliphatic rings. The smallest absolute Gasteiger partial charge is 0.269 e. The molecule has 0 aromatic carbocycles. The van der Waals surface area contributed by atoms with E-state index in [0.29, 0.717) is 37.3 Å². The van der Waals surface area contributed by atoms with E-state index in [0.717, 1.165) is 36.9 Å². The third kappa shape index (κ3) is 3.10. The summed E-state index contributed by atoms with van der Waals surface area (Å²) in [5.41, 5.74) is 0. The van der Waals surface area contributed by atoms with Crippen LogP contribution in [0.15, 0.2) is 10.7 Å². The third-order valence-electron chi connectivity index (χ3n) is 3.99. The van der Waals surface area contributed by atoms with Crippen LogP contribution < -0.4 is 0 Å². The van der Waals surface area contributed by atoms with Crippen LogP contribution in [0.5, 0.6) is 0 Å². The van der Waals surface area contributed by atoms with Gasteiger partial charge in [0.1, 0.15) is 15.0 Å². The Bertz CT molecular complexity index is 466. The quantitative estimate of drug-likeness (QED) is 0.552. The Hall–Kier alpha value is -0.830. The first-order valence-electron chi connectivity index (χ1n) is 7.65. The Kier molecular flexibility index (Phi) is 5.22. The molecular weight excluding hydrogens is 322 g/mol. The molecule has 0 saturated carbocycles. The first-order chi connectivity index (χ1) is 10.7. The zero-order valence-electron chi connectivity index (χ0n) is 12.7. The molecule has 0 unspecified atom stereocenters. The van der Waals surface area contributed by atoms with Gasteiger partial charge < -0.3 is 19.3 Å². The van der Waals surface area contributed by atoms with Crippen molar-refractivity contribution in [1.29, 1.82) is 0 Å². The zero-order valence-corrected chi connectivity index (χ0v) is 14.4. The monoisotopic (exact) mass is 343 g/mol. The molecule has 3 rings (SSSR count). The van der Waals surface area contributed by atoms with Crippen LogP contribution >= 0.6 is 24.0 Å². The first kappa shape index (κ1) is 16.0. The van der Waals surface area contributed by atoms with E-state index in [1.165, 1.54) is 11.8 Å². The van der Waals surface area contributed by atoms with E-state index < -0.39 is 0 Å². The fourth-order valence-corrected chi connectivity index (χ4v) is 4.35. The Morgan fingerprint density at radius 1 is 1.09 bits per heavy atom. The van der Waals surface area contributed by atoms with E-state index in [4.69, 9.17) is 21.7 Å². The molecule has 3 heterocycles. The summed E-state index contributed by atoms with van der Waals surface area (Å²) in [5.74, 6) is 1.05. The predicted octanol–water partition coefficient (Wildman–Crippen LogP) is 0.700. The van der Waals surface area contributed by atoms with Crippen LogP contribution in [-0.2, 0) is 14.3 Å². The van der Waals surface area contributed by atoms with E-state index in [1.807, 2.05) is 6.92 Å². The number of ether oxygens (including phenoxy) is 2. The van der Waals surface area contributed by atoms with Crippen LogP contribution in [0.25, 0.3) is 0 Å². The average Bonchev–Trinajstić information content (AvgIpc) is 2.84. The fraction of sp³-hybridized carbons (Fsp3) is 0.714. The van der Waals surface area contributed by atoms with Gasteiger partial charge in [-0.2, -0.15) is 0 Å². The van der Waals surface area contributed by atoms with Crippen LogP contribution in [0.4, 0.5) is 0 Å². The highest BCUT2D eigenvalue weighted by Crippen LogP contribution is 2.35. The summed E-state index contributed by atoms with van der Waals surface area (Å²) in [6, 6.07) is 0. The fourth-order valence-electron chi connectivity index (χ4n) is 2.84. The number of rotatable bonds is 3. The Morgan fingerprint density at radius 2 is 1.59 bits per heavy atom. The molecule has 0 bridgehead atoms. The maximum Gasteiger partial charge on any atom is 0.269 e. The van der Waals surface area contributed by atoms with Gasteiger partial charge in [-0.3, -0.25) is 9.69 Å². The van der Waals surface area contributed by atoms with Crippen molar-refractivity contribution in [3.63, 3.8) is 0 Å². The SMILES string of the molecule is CCN1C(=O)C(=C(N2CCOCC2)N2CCOCC2)SC1=S. The molecule has 0 aromatic rings. The number of thiocarbonyl (C=S) groups is 1. The van der Waals surface area contributed by atoms with Gasteiger partial charge in [-0.05, 0) is 6.92 Å². The summed E-state index contributed by atoms with van der Waals surface area (Å²) in [6.45, 7) is 8.59. The number of thioether (sulfide) groups is 1. The molecule has 0 spiro atoms.